The van der Waals surface area contributed by atoms with Crippen LogP contribution < -0.4 is 0 Å². The highest BCUT2D eigenvalue weighted by Crippen LogP contribution is 2.64. The second-order valence-corrected chi connectivity index (χ2v) is 11.7. The van der Waals surface area contributed by atoms with Gasteiger partial charge in [0.1, 0.15) is 0 Å². The van der Waals surface area contributed by atoms with Crippen LogP contribution in [0, 0.1) is 46.3 Å². The molecule has 0 heterocycles. The summed E-state index contributed by atoms with van der Waals surface area (Å²) in [7, 11) is 0. The Hall–Kier alpha value is -0.780. The first-order valence-corrected chi connectivity index (χ1v) is 12.4. The van der Waals surface area contributed by atoms with Crippen molar-refractivity contribution in [3.05, 3.63) is 35.5 Å². The van der Waals surface area contributed by atoms with Crippen LogP contribution in [0.2, 0.25) is 0 Å². The minimum Gasteiger partial charge on any atom is -0.0852 e. The van der Waals surface area contributed by atoms with Gasteiger partial charge >= 0.3 is 0 Å². The number of rotatable bonds is 4. The molecule has 0 nitrogen and oxygen atoms in total. The molecule has 7 unspecified atom stereocenters. The molecule has 4 aliphatic rings. The summed E-state index contributed by atoms with van der Waals surface area (Å²) in [5.41, 5.74) is 4.55. The minimum atomic E-state index is 0.470. The highest BCUT2D eigenvalue weighted by molar-refractivity contribution is 5.46. The van der Waals surface area contributed by atoms with Crippen LogP contribution in [0.4, 0.5) is 0 Å². The van der Waals surface area contributed by atoms with Crippen molar-refractivity contribution in [1.82, 2.24) is 0 Å². The lowest BCUT2D eigenvalue weighted by molar-refractivity contribution is 0.114. The average Bonchev–Trinajstić information content (AvgIpc) is 3.02. The van der Waals surface area contributed by atoms with Gasteiger partial charge in [0.15, 0.2) is 0 Å². The van der Waals surface area contributed by atoms with Gasteiger partial charge in [-0.25, -0.2) is 0 Å². The number of hydrogen-bond donors (Lipinski definition) is 0. The summed E-state index contributed by atoms with van der Waals surface area (Å²) in [4.78, 5) is 0. The lowest BCUT2D eigenvalue weighted by atomic mass is 9.52. The molecule has 0 bridgehead atoms. The zero-order valence-electron chi connectivity index (χ0n) is 19.4. The van der Waals surface area contributed by atoms with E-state index in [1.165, 1.54) is 51.4 Å². The molecule has 0 aromatic carbocycles. The zero-order chi connectivity index (χ0) is 20.1. The molecular weight excluding hydrogens is 336 g/mol. The molecule has 0 radical (unpaired) electrons. The fraction of sp³-hybridized carbons (Fsp3) is 0.786. The summed E-state index contributed by atoms with van der Waals surface area (Å²) in [6.45, 7) is 14.8. The lowest BCUT2D eigenvalue weighted by Crippen LogP contribution is -2.42. The first-order valence-electron chi connectivity index (χ1n) is 12.4. The van der Waals surface area contributed by atoms with Gasteiger partial charge in [0.2, 0.25) is 0 Å². The van der Waals surface area contributed by atoms with Crippen LogP contribution in [0.5, 0.6) is 0 Å². The standard InChI is InChI=1S/C28H44/c1-19(2)20(3)10-11-21(4)24-14-15-25-23-13-12-22-9-7-8-17-27(22,5)26(23)16-18-28(24,25)6/h10-11,13,16,19-22,24-25H,7-9,12,14-15,17-18H2,1-6H3/b11-10+. The fourth-order valence-corrected chi connectivity index (χ4v) is 7.49. The molecule has 2 fully saturated rings. The number of hydrogen-bond acceptors (Lipinski definition) is 0. The molecule has 2 saturated carbocycles. The molecule has 0 aromatic heterocycles. The Morgan fingerprint density at radius 2 is 1.75 bits per heavy atom. The average molecular weight is 381 g/mol. The van der Waals surface area contributed by atoms with Gasteiger partial charge in [-0.3, -0.25) is 0 Å². The molecule has 0 N–H and O–H groups in total. The molecular formula is C28H44. The topological polar surface area (TPSA) is 0 Å². The van der Waals surface area contributed by atoms with Crippen molar-refractivity contribution < 1.29 is 0 Å². The van der Waals surface area contributed by atoms with Crippen LogP contribution in [0.15, 0.2) is 35.5 Å². The molecule has 156 valence electrons. The number of allylic oxidation sites excluding steroid dienone is 6. The van der Waals surface area contributed by atoms with Crippen molar-refractivity contribution in [2.45, 2.75) is 92.9 Å². The molecule has 0 heteroatoms. The number of fused-ring (bicyclic) bond motifs is 5. The summed E-state index contributed by atoms with van der Waals surface area (Å²) >= 11 is 0. The van der Waals surface area contributed by atoms with Crippen molar-refractivity contribution in [2.24, 2.45) is 46.3 Å². The van der Waals surface area contributed by atoms with Crippen LogP contribution >= 0.6 is 0 Å². The quantitative estimate of drug-likeness (QED) is 0.430. The maximum Gasteiger partial charge on any atom is -0.00445 e. The van der Waals surface area contributed by atoms with Gasteiger partial charge in [0.25, 0.3) is 0 Å². The summed E-state index contributed by atoms with van der Waals surface area (Å²) in [6.07, 6.45) is 21.8. The Labute approximate surface area is 175 Å². The van der Waals surface area contributed by atoms with Crippen LogP contribution in [-0.2, 0) is 0 Å². The van der Waals surface area contributed by atoms with Crippen LogP contribution in [0.3, 0.4) is 0 Å². The normalized spacial score (nSPS) is 42.5. The fourth-order valence-electron chi connectivity index (χ4n) is 7.49. The van der Waals surface area contributed by atoms with E-state index in [1.54, 1.807) is 11.1 Å². The highest BCUT2D eigenvalue weighted by atomic mass is 14.6. The van der Waals surface area contributed by atoms with E-state index in [0.717, 1.165) is 23.7 Å². The van der Waals surface area contributed by atoms with Crippen molar-refractivity contribution in [1.29, 1.82) is 0 Å². The summed E-state index contributed by atoms with van der Waals surface area (Å²) in [5.74, 6) is 4.70. The predicted molar refractivity (Wildman–Crippen MR) is 122 cm³/mol. The molecule has 0 spiro atoms. The third kappa shape index (κ3) is 3.18. The van der Waals surface area contributed by atoms with E-state index in [-0.39, 0.29) is 0 Å². The van der Waals surface area contributed by atoms with Gasteiger partial charge in [-0.2, -0.15) is 0 Å². The second-order valence-electron chi connectivity index (χ2n) is 11.7. The highest BCUT2D eigenvalue weighted by Gasteiger charge is 2.54. The molecule has 0 aromatic rings. The van der Waals surface area contributed by atoms with Crippen molar-refractivity contribution in [3.8, 4) is 0 Å². The van der Waals surface area contributed by atoms with Crippen LogP contribution in [0.1, 0.15) is 92.9 Å². The van der Waals surface area contributed by atoms with Crippen molar-refractivity contribution in [3.63, 3.8) is 0 Å². The van der Waals surface area contributed by atoms with E-state index in [2.05, 4.69) is 65.8 Å². The summed E-state index contributed by atoms with van der Waals surface area (Å²) in [5, 5.41) is 0. The van der Waals surface area contributed by atoms with Crippen LogP contribution in [-0.4, -0.2) is 0 Å². The maximum atomic E-state index is 2.73. The van der Waals surface area contributed by atoms with Gasteiger partial charge in [0.05, 0.1) is 0 Å². The Balaban J connectivity index is 1.58. The van der Waals surface area contributed by atoms with Crippen molar-refractivity contribution >= 4 is 0 Å². The van der Waals surface area contributed by atoms with Gasteiger partial charge in [-0.15, -0.1) is 0 Å². The molecule has 28 heavy (non-hydrogen) atoms. The summed E-state index contributed by atoms with van der Waals surface area (Å²) < 4.78 is 0. The Kier molecular flexibility index (Phi) is 5.47. The largest absolute Gasteiger partial charge is 0.0852 e. The molecule has 4 rings (SSSR count). The Morgan fingerprint density at radius 3 is 2.50 bits per heavy atom. The van der Waals surface area contributed by atoms with Crippen molar-refractivity contribution in [2.75, 3.05) is 0 Å². The Morgan fingerprint density at radius 1 is 0.964 bits per heavy atom. The third-order valence-corrected chi connectivity index (χ3v) is 9.88. The van der Waals surface area contributed by atoms with E-state index < -0.39 is 0 Å². The molecule has 4 aliphatic carbocycles. The van der Waals surface area contributed by atoms with Gasteiger partial charge in [-0.1, -0.05) is 78.7 Å². The lowest BCUT2D eigenvalue weighted by Gasteiger charge is -2.53. The van der Waals surface area contributed by atoms with E-state index >= 15 is 0 Å². The van der Waals surface area contributed by atoms with E-state index in [1.807, 2.05) is 0 Å². The SMILES string of the molecule is CC(C)C(C)/C=C/C(C)C1CCC2C3=CCC4CCCCC4(C)C3=CCC21C. The first-order chi connectivity index (χ1) is 13.3. The van der Waals surface area contributed by atoms with Gasteiger partial charge in [-0.05, 0) is 96.0 Å². The van der Waals surface area contributed by atoms with Gasteiger partial charge in [0, 0.05) is 0 Å². The molecule has 0 amide bonds. The Bertz CT molecular complexity index is 676. The zero-order valence-corrected chi connectivity index (χ0v) is 19.4. The maximum absolute atomic E-state index is 2.73. The predicted octanol–water partition coefficient (Wildman–Crippen LogP) is 8.36. The van der Waals surface area contributed by atoms with E-state index in [4.69, 9.17) is 0 Å². The monoisotopic (exact) mass is 380 g/mol. The minimum absolute atomic E-state index is 0.470. The second kappa shape index (κ2) is 7.48. The third-order valence-electron chi connectivity index (χ3n) is 9.88. The first kappa shape index (κ1) is 20.5. The van der Waals surface area contributed by atoms with Crippen LogP contribution in [0.25, 0.3) is 0 Å². The van der Waals surface area contributed by atoms with E-state index in [0.29, 0.717) is 22.7 Å². The molecule has 0 aliphatic heterocycles. The smallest absolute Gasteiger partial charge is 0.00445 e. The van der Waals surface area contributed by atoms with E-state index in [9.17, 15) is 0 Å². The summed E-state index contributed by atoms with van der Waals surface area (Å²) in [6, 6.07) is 0. The molecule has 7 atom stereocenters. The molecule has 0 saturated heterocycles. The van der Waals surface area contributed by atoms with Gasteiger partial charge < -0.3 is 0 Å².